The predicted molar refractivity (Wildman–Crippen MR) is 91.0 cm³/mol. The molecule has 2 unspecified atom stereocenters. The van der Waals surface area contributed by atoms with E-state index in [-0.39, 0.29) is 0 Å². The van der Waals surface area contributed by atoms with Crippen molar-refractivity contribution in [2.75, 3.05) is 12.5 Å². The van der Waals surface area contributed by atoms with Crippen molar-refractivity contribution in [1.29, 1.82) is 0 Å². The van der Waals surface area contributed by atoms with Gasteiger partial charge in [0.25, 0.3) is 0 Å². The van der Waals surface area contributed by atoms with Crippen LogP contribution in [0.15, 0.2) is 23.1 Å². The second-order valence-electron chi connectivity index (χ2n) is 5.53. The molecule has 0 aromatic heterocycles. The Morgan fingerprint density at radius 3 is 2.71 bits per heavy atom. The average molecular weight is 348 g/mol. The first-order valence-corrected chi connectivity index (χ1v) is 10.7. The molecule has 0 heterocycles. The van der Waals surface area contributed by atoms with Crippen LogP contribution in [0.5, 0.6) is 0 Å². The summed E-state index contributed by atoms with van der Waals surface area (Å²) >= 11 is 8.10. The summed E-state index contributed by atoms with van der Waals surface area (Å²) in [6.07, 6.45) is 8.25. The third-order valence-electron chi connectivity index (χ3n) is 4.02. The molecule has 1 aliphatic rings. The molecule has 2 atom stereocenters. The Hall–Kier alpha value is -0.230. The number of rotatable bonds is 5. The van der Waals surface area contributed by atoms with Crippen LogP contribution in [-0.2, 0) is 16.4 Å². The Bertz CT molecular complexity index is 589. The lowest BCUT2D eigenvalue weighted by Crippen LogP contribution is -2.40. The Kier molecular flexibility index (Phi) is 6.00. The topological polar surface area (TPSA) is 46.2 Å². The van der Waals surface area contributed by atoms with Crippen LogP contribution in [0.25, 0.3) is 0 Å². The van der Waals surface area contributed by atoms with Crippen LogP contribution in [-0.4, -0.2) is 32.2 Å². The lowest BCUT2D eigenvalue weighted by atomic mass is 9.94. The maximum Gasteiger partial charge on any atom is 0.175 e. The van der Waals surface area contributed by atoms with Gasteiger partial charge in [-0.3, -0.25) is 0 Å². The monoisotopic (exact) mass is 347 g/mol. The molecule has 0 bridgehead atoms. The molecule has 118 valence electrons. The van der Waals surface area contributed by atoms with Crippen LogP contribution in [0.4, 0.5) is 0 Å². The number of hydrogen-bond donors (Lipinski definition) is 1. The second kappa shape index (κ2) is 7.36. The molecule has 0 aliphatic heterocycles. The van der Waals surface area contributed by atoms with Gasteiger partial charge in [-0.2, -0.15) is 11.8 Å². The third-order valence-corrected chi connectivity index (χ3v) is 6.73. The van der Waals surface area contributed by atoms with Crippen molar-refractivity contribution >= 4 is 33.2 Å². The van der Waals surface area contributed by atoms with Crippen LogP contribution in [0.1, 0.15) is 31.2 Å². The van der Waals surface area contributed by atoms with Gasteiger partial charge in [-0.05, 0) is 31.2 Å². The van der Waals surface area contributed by atoms with E-state index in [1.165, 1.54) is 25.5 Å². The van der Waals surface area contributed by atoms with Gasteiger partial charge in [-0.15, -0.1) is 0 Å². The Labute approximate surface area is 136 Å². The van der Waals surface area contributed by atoms with E-state index < -0.39 is 9.84 Å². The lowest BCUT2D eigenvalue weighted by molar-refractivity contribution is 0.382. The van der Waals surface area contributed by atoms with Gasteiger partial charge >= 0.3 is 0 Å². The fraction of sp³-hybridized carbons (Fsp3) is 0.600. The molecule has 1 aliphatic carbocycles. The van der Waals surface area contributed by atoms with Crippen molar-refractivity contribution in [3.63, 3.8) is 0 Å². The standard InChI is InChI=1S/C15H22ClNO2S2/c1-20-14-8-4-3-7-13(14)17-10-11-12(16)6-5-9-15(11)21(2,18)19/h5-6,9,13-14,17H,3-4,7-8,10H2,1-2H3. The normalized spacial score (nSPS) is 23.2. The summed E-state index contributed by atoms with van der Waals surface area (Å²) in [5, 5.41) is 4.64. The van der Waals surface area contributed by atoms with E-state index in [1.54, 1.807) is 18.2 Å². The van der Waals surface area contributed by atoms with Crippen molar-refractivity contribution in [3.05, 3.63) is 28.8 Å². The van der Waals surface area contributed by atoms with Crippen LogP contribution in [0.2, 0.25) is 5.02 Å². The largest absolute Gasteiger partial charge is 0.309 e. The highest BCUT2D eigenvalue weighted by atomic mass is 35.5. The summed E-state index contributed by atoms with van der Waals surface area (Å²) < 4.78 is 23.8. The minimum Gasteiger partial charge on any atom is -0.309 e. The molecule has 3 nitrogen and oxygen atoms in total. The van der Waals surface area contributed by atoms with E-state index in [9.17, 15) is 8.42 Å². The number of sulfone groups is 1. The predicted octanol–water partition coefficient (Wildman–Crippen LogP) is 3.51. The zero-order valence-corrected chi connectivity index (χ0v) is 14.8. The molecule has 1 saturated carbocycles. The highest BCUT2D eigenvalue weighted by Gasteiger charge is 2.25. The van der Waals surface area contributed by atoms with Crippen LogP contribution >= 0.6 is 23.4 Å². The van der Waals surface area contributed by atoms with Gasteiger partial charge in [0.05, 0.1) is 4.90 Å². The maximum atomic E-state index is 11.9. The van der Waals surface area contributed by atoms with Crippen molar-refractivity contribution in [2.45, 2.75) is 48.4 Å². The highest BCUT2D eigenvalue weighted by molar-refractivity contribution is 7.99. The van der Waals surface area contributed by atoms with Crippen LogP contribution < -0.4 is 5.32 Å². The molecule has 21 heavy (non-hydrogen) atoms. The molecule has 0 amide bonds. The van der Waals surface area contributed by atoms with Gasteiger partial charge in [0, 0.05) is 34.7 Å². The van der Waals surface area contributed by atoms with Gasteiger partial charge < -0.3 is 5.32 Å². The smallest absolute Gasteiger partial charge is 0.175 e. The molecule has 1 fully saturated rings. The van der Waals surface area contributed by atoms with Gasteiger partial charge in [0.15, 0.2) is 9.84 Å². The number of benzene rings is 1. The summed E-state index contributed by atoms with van der Waals surface area (Å²) in [5.41, 5.74) is 0.687. The summed E-state index contributed by atoms with van der Waals surface area (Å²) in [7, 11) is -3.26. The maximum absolute atomic E-state index is 11.9. The second-order valence-corrected chi connectivity index (χ2v) is 9.00. The summed E-state index contributed by atoms with van der Waals surface area (Å²) in [5.74, 6) is 0. The van der Waals surface area contributed by atoms with E-state index >= 15 is 0 Å². The van der Waals surface area contributed by atoms with Gasteiger partial charge in [0.1, 0.15) is 0 Å². The molecule has 1 N–H and O–H groups in total. The van der Waals surface area contributed by atoms with Crippen molar-refractivity contribution < 1.29 is 8.42 Å². The average Bonchev–Trinajstić information content (AvgIpc) is 2.45. The summed E-state index contributed by atoms with van der Waals surface area (Å²) in [6, 6.07) is 5.50. The first-order chi connectivity index (χ1) is 9.93. The number of nitrogens with one attached hydrogen (secondary N) is 1. The lowest BCUT2D eigenvalue weighted by Gasteiger charge is -2.31. The zero-order valence-electron chi connectivity index (χ0n) is 12.4. The Morgan fingerprint density at radius 1 is 1.33 bits per heavy atom. The zero-order chi connectivity index (χ0) is 15.5. The quantitative estimate of drug-likeness (QED) is 0.885. The van der Waals surface area contributed by atoms with Crippen LogP contribution in [0.3, 0.4) is 0 Å². The van der Waals surface area contributed by atoms with Crippen LogP contribution in [0, 0.1) is 0 Å². The summed E-state index contributed by atoms with van der Waals surface area (Å²) in [6.45, 7) is 0.504. The minimum atomic E-state index is -3.26. The highest BCUT2D eigenvalue weighted by Crippen LogP contribution is 2.29. The van der Waals surface area contributed by atoms with Crippen molar-refractivity contribution in [3.8, 4) is 0 Å². The molecule has 0 radical (unpaired) electrons. The van der Waals surface area contributed by atoms with Crippen molar-refractivity contribution in [1.82, 2.24) is 5.32 Å². The molecule has 1 aromatic rings. The molecule has 2 rings (SSSR count). The molecule has 6 heteroatoms. The molecular weight excluding hydrogens is 326 g/mol. The first-order valence-electron chi connectivity index (χ1n) is 7.17. The molecular formula is C15H22ClNO2S2. The molecule has 0 saturated heterocycles. The third kappa shape index (κ3) is 4.38. The van der Waals surface area contributed by atoms with Gasteiger partial charge in [-0.25, -0.2) is 8.42 Å². The number of hydrogen-bond acceptors (Lipinski definition) is 4. The Balaban J connectivity index is 2.16. The number of halogens is 1. The number of thioether (sulfide) groups is 1. The van der Waals surface area contributed by atoms with E-state index in [1.807, 2.05) is 11.8 Å². The van der Waals surface area contributed by atoms with E-state index in [0.29, 0.717) is 33.3 Å². The minimum absolute atomic E-state index is 0.332. The fourth-order valence-electron chi connectivity index (χ4n) is 2.90. The van der Waals surface area contributed by atoms with Crippen molar-refractivity contribution in [2.24, 2.45) is 0 Å². The van der Waals surface area contributed by atoms with E-state index in [4.69, 9.17) is 11.6 Å². The fourth-order valence-corrected chi connectivity index (χ4v) is 5.12. The molecule has 0 spiro atoms. The SMILES string of the molecule is CSC1CCCCC1NCc1c(Cl)cccc1S(C)(=O)=O. The Morgan fingerprint density at radius 2 is 2.05 bits per heavy atom. The molecule has 1 aromatic carbocycles. The van der Waals surface area contributed by atoms with E-state index in [2.05, 4.69) is 11.6 Å². The summed E-state index contributed by atoms with van der Waals surface area (Å²) in [4.78, 5) is 0.332. The first kappa shape index (κ1) is 17.1. The van der Waals surface area contributed by atoms with E-state index in [0.717, 1.165) is 6.42 Å². The van der Waals surface area contributed by atoms with Gasteiger partial charge in [0.2, 0.25) is 0 Å². The van der Waals surface area contributed by atoms with Gasteiger partial charge in [-0.1, -0.05) is 30.5 Å².